The van der Waals surface area contributed by atoms with Gasteiger partial charge in [-0.05, 0) is 0 Å². The molecule has 1 rings (SSSR count). The molecule has 0 radical (unpaired) electrons. The summed E-state index contributed by atoms with van der Waals surface area (Å²) in [5, 5.41) is 18.8. The van der Waals surface area contributed by atoms with Crippen molar-refractivity contribution in [1.29, 1.82) is 5.26 Å². The molecule has 0 amide bonds. The van der Waals surface area contributed by atoms with Crippen LogP contribution in [-0.4, -0.2) is 9.91 Å². The maximum atomic E-state index is 13.0. The van der Waals surface area contributed by atoms with E-state index >= 15 is 0 Å². The fourth-order valence-electron chi connectivity index (χ4n) is 1.16. The monoisotopic (exact) mass is 231 g/mol. The first-order valence-electron chi connectivity index (χ1n) is 3.95. The molecule has 8 heteroatoms. The van der Waals surface area contributed by atoms with Crippen molar-refractivity contribution in [3.05, 3.63) is 33.4 Å². The Morgan fingerprint density at radius 1 is 1.62 bits per heavy atom. The first kappa shape index (κ1) is 11.9. The van der Waals surface area contributed by atoms with Crippen LogP contribution in [-0.2, 0) is 6.42 Å². The summed E-state index contributed by atoms with van der Waals surface area (Å²) in [6, 6.07) is 1.47. The van der Waals surface area contributed by atoms with E-state index in [0.29, 0.717) is 6.20 Å². The Morgan fingerprint density at radius 2 is 2.25 bits per heavy atom. The number of alkyl halides is 2. The number of aromatic nitrogens is 1. The van der Waals surface area contributed by atoms with E-state index in [0.717, 1.165) is 0 Å². The number of hydrogen-bond donors (Lipinski definition) is 0. The summed E-state index contributed by atoms with van der Waals surface area (Å²) in [6.45, 7) is 0. The maximum absolute atomic E-state index is 13.0. The zero-order valence-electron chi connectivity index (χ0n) is 7.65. The molecule has 0 saturated carbocycles. The van der Waals surface area contributed by atoms with E-state index in [1.807, 2.05) is 0 Å². The predicted molar refractivity (Wildman–Crippen MR) is 45.1 cm³/mol. The summed E-state index contributed by atoms with van der Waals surface area (Å²) in [6.07, 6.45) is -3.22. The van der Waals surface area contributed by atoms with Crippen LogP contribution in [0.4, 0.5) is 18.9 Å². The van der Waals surface area contributed by atoms with Gasteiger partial charge < -0.3 is 0 Å². The van der Waals surface area contributed by atoms with E-state index in [4.69, 9.17) is 5.26 Å². The molecule has 0 aliphatic rings. The first-order valence-corrected chi connectivity index (χ1v) is 3.95. The molecule has 1 heterocycles. The first-order chi connectivity index (χ1) is 7.49. The minimum Gasteiger partial charge on any atom is -0.258 e. The van der Waals surface area contributed by atoms with Crippen LogP contribution in [0.15, 0.2) is 6.20 Å². The van der Waals surface area contributed by atoms with Gasteiger partial charge in [-0.3, -0.25) is 10.1 Å². The maximum Gasteiger partial charge on any atom is 0.328 e. The highest BCUT2D eigenvalue weighted by molar-refractivity contribution is 5.45. The van der Waals surface area contributed by atoms with Crippen LogP contribution in [0.2, 0.25) is 0 Å². The minimum absolute atomic E-state index is 0.500. The van der Waals surface area contributed by atoms with E-state index in [2.05, 4.69) is 4.98 Å². The van der Waals surface area contributed by atoms with Crippen LogP contribution in [0, 0.1) is 27.4 Å². The van der Waals surface area contributed by atoms with Gasteiger partial charge in [0, 0.05) is 11.8 Å². The van der Waals surface area contributed by atoms with E-state index in [1.165, 1.54) is 6.07 Å². The van der Waals surface area contributed by atoms with Crippen molar-refractivity contribution in [3.63, 3.8) is 0 Å². The summed E-state index contributed by atoms with van der Waals surface area (Å²) in [7, 11) is 0. The lowest BCUT2D eigenvalue weighted by Crippen LogP contribution is -2.05. The van der Waals surface area contributed by atoms with E-state index < -0.39 is 40.5 Å². The van der Waals surface area contributed by atoms with Crippen molar-refractivity contribution in [2.75, 3.05) is 0 Å². The number of hydrogen-bond acceptors (Lipinski definition) is 4. The third-order valence-corrected chi connectivity index (χ3v) is 1.82. The highest BCUT2D eigenvalue weighted by Gasteiger charge is 2.28. The van der Waals surface area contributed by atoms with Crippen LogP contribution in [0.5, 0.6) is 0 Å². The van der Waals surface area contributed by atoms with Gasteiger partial charge in [-0.1, -0.05) is 0 Å². The van der Waals surface area contributed by atoms with Crippen molar-refractivity contribution in [3.8, 4) is 6.07 Å². The molecular formula is C8H4F3N3O2. The highest BCUT2D eigenvalue weighted by atomic mass is 19.3. The van der Waals surface area contributed by atoms with Gasteiger partial charge >= 0.3 is 5.69 Å². The average molecular weight is 231 g/mol. The van der Waals surface area contributed by atoms with Gasteiger partial charge in [-0.15, -0.1) is 0 Å². The van der Waals surface area contributed by atoms with Crippen LogP contribution in [0.1, 0.15) is 17.6 Å². The van der Waals surface area contributed by atoms with Crippen LogP contribution >= 0.6 is 0 Å². The Morgan fingerprint density at radius 3 is 2.69 bits per heavy atom. The Hall–Kier alpha value is -2.17. The predicted octanol–water partition coefficient (Wildman–Crippen LogP) is 2.13. The minimum atomic E-state index is -3.05. The largest absolute Gasteiger partial charge is 0.328 e. The molecule has 5 nitrogen and oxygen atoms in total. The van der Waals surface area contributed by atoms with E-state index in [-0.39, 0.29) is 0 Å². The van der Waals surface area contributed by atoms with Gasteiger partial charge in [0.25, 0.3) is 12.4 Å². The quantitative estimate of drug-likeness (QED) is 0.453. The molecule has 0 unspecified atom stereocenters. The molecule has 84 valence electrons. The average Bonchev–Trinajstić information content (AvgIpc) is 2.17. The molecule has 0 N–H and O–H groups in total. The molecule has 0 atom stereocenters. The number of nitriles is 1. The third kappa shape index (κ3) is 2.08. The second kappa shape index (κ2) is 4.57. The lowest BCUT2D eigenvalue weighted by Gasteiger charge is -2.05. The zero-order valence-corrected chi connectivity index (χ0v) is 7.65. The Balaban J connectivity index is 3.51. The van der Waals surface area contributed by atoms with Gasteiger partial charge in [-0.2, -0.15) is 9.65 Å². The number of nitro groups is 1. The summed E-state index contributed by atoms with van der Waals surface area (Å²) >= 11 is 0. The normalized spacial score (nSPS) is 10.2. The lowest BCUT2D eigenvalue weighted by atomic mass is 10.1. The molecule has 0 saturated heterocycles. The fourth-order valence-corrected chi connectivity index (χ4v) is 1.16. The van der Waals surface area contributed by atoms with Crippen LogP contribution in [0.3, 0.4) is 0 Å². The molecule has 0 aromatic carbocycles. The second-order valence-electron chi connectivity index (χ2n) is 2.72. The van der Waals surface area contributed by atoms with Crippen molar-refractivity contribution in [1.82, 2.24) is 4.98 Å². The Bertz CT molecular complexity index is 470. The number of pyridine rings is 1. The molecule has 1 aromatic rings. The Kier molecular flexibility index (Phi) is 3.40. The van der Waals surface area contributed by atoms with Crippen molar-refractivity contribution in [2.45, 2.75) is 12.8 Å². The van der Waals surface area contributed by atoms with Crippen LogP contribution in [0.25, 0.3) is 0 Å². The van der Waals surface area contributed by atoms with Crippen LogP contribution < -0.4 is 0 Å². The van der Waals surface area contributed by atoms with Crippen molar-refractivity contribution >= 4 is 5.69 Å². The summed E-state index contributed by atoms with van der Waals surface area (Å²) in [4.78, 5) is 12.2. The van der Waals surface area contributed by atoms with Gasteiger partial charge in [-0.25, -0.2) is 13.8 Å². The molecule has 0 aliphatic heterocycles. The second-order valence-corrected chi connectivity index (χ2v) is 2.72. The van der Waals surface area contributed by atoms with Crippen molar-refractivity contribution in [2.24, 2.45) is 0 Å². The smallest absolute Gasteiger partial charge is 0.258 e. The Labute approximate surface area is 87.3 Å². The molecule has 16 heavy (non-hydrogen) atoms. The number of halogens is 3. The summed E-state index contributed by atoms with van der Waals surface area (Å²) in [5.41, 5.74) is -2.59. The van der Waals surface area contributed by atoms with Gasteiger partial charge in [0.1, 0.15) is 0 Å². The molecule has 1 aromatic heterocycles. The summed E-state index contributed by atoms with van der Waals surface area (Å²) in [5.74, 6) is -1.47. The molecule has 0 fully saturated rings. The zero-order chi connectivity index (χ0) is 12.3. The topological polar surface area (TPSA) is 79.8 Å². The lowest BCUT2D eigenvalue weighted by molar-refractivity contribution is -0.388. The summed E-state index contributed by atoms with van der Waals surface area (Å²) < 4.78 is 37.8. The molecule has 0 bridgehead atoms. The third-order valence-electron chi connectivity index (χ3n) is 1.82. The standard InChI is InChI=1S/C8H4F3N3O2/c9-7(10)5-3-13-8(11)6(14(15)16)4(5)1-2-12/h3,7H,1H2. The number of rotatable bonds is 3. The molecule has 0 spiro atoms. The van der Waals surface area contributed by atoms with Gasteiger partial charge in [0.15, 0.2) is 0 Å². The SMILES string of the molecule is N#CCc1c(C(F)F)cnc(F)c1[N+](=O)[O-]. The highest BCUT2D eigenvalue weighted by Crippen LogP contribution is 2.30. The van der Waals surface area contributed by atoms with Crippen molar-refractivity contribution < 1.29 is 18.1 Å². The van der Waals surface area contributed by atoms with Gasteiger partial charge in [0.2, 0.25) is 0 Å². The molecule has 0 aliphatic carbocycles. The van der Waals surface area contributed by atoms with Gasteiger partial charge in [0.05, 0.1) is 23.0 Å². The van der Waals surface area contributed by atoms with E-state index in [9.17, 15) is 23.3 Å². The number of nitrogens with zero attached hydrogens (tertiary/aromatic N) is 3. The fraction of sp³-hybridized carbons (Fsp3) is 0.250. The molecular weight excluding hydrogens is 227 g/mol. The van der Waals surface area contributed by atoms with E-state index in [1.54, 1.807) is 0 Å².